The molecule has 3 rings (SSSR count). The lowest BCUT2D eigenvalue weighted by Crippen LogP contribution is -2.41. The minimum atomic E-state index is 0. The van der Waals surface area contributed by atoms with Gasteiger partial charge in [0.2, 0.25) is 0 Å². The van der Waals surface area contributed by atoms with Crippen LogP contribution in [0.4, 0.5) is 0 Å². The molecule has 5 nitrogen and oxygen atoms in total. The summed E-state index contributed by atoms with van der Waals surface area (Å²) in [6.45, 7) is 7.03. The maximum Gasteiger partial charge on any atom is 0.193 e. The summed E-state index contributed by atoms with van der Waals surface area (Å²) in [5, 5.41) is 12.9. The summed E-state index contributed by atoms with van der Waals surface area (Å²) in [5.74, 6) is 2.17. The molecule has 1 atom stereocenters. The molecule has 0 bridgehead atoms. The summed E-state index contributed by atoms with van der Waals surface area (Å²) < 4.78 is 0. The van der Waals surface area contributed by atoms with Crippen molar-refractivity contribution in [3.63, 3.8) is 0 Å². The lowest BCUT2D eigenvalue weighted by atomic mass is 10.1. The Balaban J connectivity index is 0.00000261. The van der Waals surface area contributed by atoms with Crippen LogP contribution in [0.2, 0.25) is 0 Å². The molecule has 1 aromatic rings. The van der Waals surface area contributed by atoms with Gasteiger partial charge < -0.3 is 20.2 Å². The van der Waals surface area contributed by atoms with Gasteiger partial charge in [-0.3, -0.25) is 4.99 Å². The van der Waals surface area contributed by atoms with Gasteiger partial charge in [0.05, 0.1) is 0 Å². The van der Waals surface area contributed by atoms with E-state index in [2.05, 4.69) is 20.1 Å². The van der Waals surface area contributed by atoms with Crippen molar-refractivity contribution in [2.75, 3.05) is 46.3 Å². The molecule has 0 radical (unpaired) electrons. The van der Waals surface area contributed by atoms with E-state index in [-0.39, 0.29) is 24.0 Å². The van der Waals surface area contributed by atoms with Crippen molar-refractivity contribution in [2.24, 2.45) is 10.9 Å². The van der Waals surface area contributed by atoms with Crippen molar-refractivity contribution in [1.29, 1.82) is 0 Å². The van der Waals surface area contributed by atoms with Gasteiger partial charge in [-0.2, -0.15) is 0 Å². The van der Waals surface area contributed by atoms with Crippen LogP contribution in [-0.2, 0) is 6.42 Å². The summed E-state index contributed by atoms with van der Waals surface area (Å²) in [7, 11) is 1.89. The number of phenolic OH excluding ortho intramolecular Hbond substituents is 1. The zero-order valence-electron chi connectivity index (χ0n) is 16.6. The first kappa shape index (κ1) is 22.3. The molecule has 0 saturated carbocycles. The van der Waals surface area contributed by atoms with E-state index >= 15 is 0 Å². The molecule has 2 aliphatic heterocycles. The number of hydrogen-bond donors (Lipinski definition) is 2. The van der Waals surface area contributed by atoms with Crippen LogP contribution in [-0.4, -0.2) is 67.2 Å². The molecule has 0 aliphatic carbocycles. The highest BCUT2D eigenvalue weighted by molar-refractivity contribution is 14.0. The molecule has 152 valence electrons. The Hall–Kier alpha value is -1.02. The van der Waals surface area contributed by atoms with Crippen molar-refractivity contribution < 1.29 is 5.11 Å². The summed E-state index contributed by atoms with van der Waals surface area (Å²) in [4.78, 5) is 9.58. The minimum absolute atomic E-state index is 0. The number of piperidine rings is 1. The van der Waals surface area contributed by atoms with Crippen LogP contribution in [0.15, 0.2) is 29.3 Å². The van der Waals surface area contributed by atoms with E-state index < -0.39 is 0 Å². The molecule has 27 heavy (non-hydrogen) atoms. The maximum atomic E-state index is 9.34. The summed E-state index contributed by atoms with van der Waals surface area (Å²) in [6.07, 6.45) is 7.52. The van der Waals surface area contributed by atoms with Gasteiger partial charge in [0.25, 0.3) is 0 Å². The highest BCUT2D eigenvalue weighted by atomic mass is 127. The molecular weight excluding hydrogens is 451 g/mol. The third kappa shape index (κ3) is 7.14. The second kappa shape index (κ2) is 11.7. The molecule has 0 spiro atoms. The Morgan fingerprint density at radius 3 is 2.59 bits per heavy atom. The number of guanidine groups is 1. The summed E-state index contributed by atoms with van der Waals surface area (Å²) in [5.41, 5.74) is 1.27. The number of nitrogens with one attached hydrogen (secondary N) is 1. The first-order chi connectivity index (χ1) is 12.7. The number of likely N-dealkylation sites (tertiary alicyclic amines) is 2. The lowest BCUT2D eigenvalue weighted by molar-refractivity contribution is 0.198. The molecule has 2 aliphatic rings. The zero-order valence-corrected chi connectivity index (χ0v) is 18.9. The first-order valence-corrected chi connectivity index (χ1v) is 10.2. The van der Waals surface area contributed by atoms with Crippen LogP contribution < -0.4 is 5.32 Å². The van der Waals surface area contributed by atoms with Crippen LogP contribution in [0.25, 0.3) is 0 Å². The Labute approximate surface area is 181 Å². The van der Waals surface area contributed by atoms with Crippen LogP contribution in [0, 0.1) is 5.92 Å². The number of nitrogens with zero attached hydrogens (tertiary/aromatic N) is 3. The monoisotopic (exact) mass is 486 g/mol. The number of aliphatic imine (C=N–C) groups is 1. The van der Waals surface area contributed by atoms with Gasteiger partial charge >= 0.3 is 0 Å². The van der Waals surface area contributed by atoms with Crippen molar-refractivity contribution in [3.05, 3.63) is 29.8 Å². The number of hydrogen-bond acceptors (Lipinski definition) is 3. The Bertz CT molecular complexity index is 572. The van der Waals surface area contributed by atoms with Gasteiger partial charge in [0, 0.05) is 33.2 Å². The smallest absolute Gasteiger partial charge is 0.193 e. The molecule has 0 amide bonds. The third-order valence-corrected chi connectivity index (χ3v) is 5.62. The van der Waals surface area contributed by atoms with Crippen LogP contribution in [0.5, 0.6) is 5.75 Å². The van der Waals surface area contributed by atoms with Crippen LogP contribution in [0.3, 0.4) is 0 Å². The van der Waals surface area contributed by atoms with Crippen molar-refractivity contribution in [2.45, 2.75) is 38.5 Å². The van der Waals surface area contributed by atoms with E-state index in [1.54, 1.807) is 12.1 Å². The number of benzene rings is 1. The van der Waals surface area contributed by atoms with E-state index in [0.717, 1.165) is 44.4 Å². The van der Waals surface area contributed by atoms with Gasteiger partial charge in [0.15, 0.2) is 5.96 Å². The zero-order chi connectivity index (χ0) is 18.2. The lowest BCUT2D eigenvalue weighted by Gasteiger charge is -2.29. The van der Waals surface area contributed by atoms with Gasteiger partial charge in [-0.15, -0.1) is 24.0 Å². The van der Waals surface area contributed by atoms with Crippen LogP contribution >= 0.6 is 24.0 Å². The summed E-state index contributed by atoms with van der Waals surface area (Å²) >= 11 is 0. The predicted octanol–water partition coefficient (Wildman–Crippen LogP) is 3.33. The van der Waals surface area contributed by atoms with Gasteiger partial charge in [-0.1, -0.05) is 18.6 Å². The molecular formula is C21H35IN4O. The molecule has 0 aromatic heterocycles. The Kier molecular flexibility index (Phi) is 9.68. The average Bonchev–Trinajstić information content (AvgIpc) is 3.12. The molecule has 1 aromatic carbocycles. The number of phenols is 1. The fraction of sp³-hybridized carbons (Fsp3) is 0.667. The molecule has 2 N–H and O–H groups in total. The van der Waals surface area contributed by atoms with E-state index in [1.165, 1.54) is 50.9 Å². The molecule has 2 heterocycles. The fourth-order valence-corrected chi connectivity index (χ4v) is 4.17. The standard InChI is InChI=1S/C21H34N4O.HI/c1-22-21(23-12-5-6-18-7-9-20(26)10-8-18)25-15-11-19(17-25)16-24-13-3-2-4-14-24;/h7-10,19,26H,2-6,11-17H2,1H3,(H,22,23);1H. The number of aryl methyl sites for hydroxylation is 1. The number of aromatic hydroxyl groups is 1. The molecule has 6 heteroatoms. The van der Waals surface area contributed by atoms with Crippen molar-refractivity contribution in [1.82, 2.24) is 15.1 Å². The second-order valence-electron chi connectivity index (χ2n) is 7.71. The minimum Gasteiger partial charge on any atom is -0.508 e. The topological polar surface area (TPSA) is 51.1 Å². The van der Waals surface area contributed by atoms with Gasteiger partial charge in [-0.25, -0.2) is 0 Å². The van der Waals surface area contributed by atoms with Gasteiger partial charge in [-0.05, 0) is 68.8 Å². The first-order valence-electron chi connectivity index (χ1n) is 10.2. The summed E-state index contributed by atoms with van der Waals surface area (Å²) in [6, 6.07) is 7.51. The predicted molar refractivity (Wildman–Crippen MR) is 123 cm³/mol. The Morgan fingerprint density at radius 2 is 1.89 bits per heavy atom. The van der Waals surface area contributed by atoms with E-state index in [1.807, 2.05) is 19.2 Å². The number of halogens is 1. The quantitative estimate of drug-likeness (QED) is 0.281. The highest BCUT2D eigenvalue weighted by Crippen LogP contribution is 2.20. The Morgan fingerprint density at radius 1 is 1.15 bits per heavy atom. The largest absolute Gasteiger partial charge is 0.508 e. The highest BCUT2D eigenvalue weighted by Gasteiger charge is 2.26. The molecule has 2 saturated heterocycles. The molecule has 2 fully saturated rings. The maximum absolute atomic E-state index is 9.34. The molecule has 1 unspecified atom stereocenters. The number of rotatable bonds is 6. The fourth-order valence-electron chi connectivity index (χ4n) is 4.17. The van der Waals surface area contributed by atoms with Crippen molar-refractivity contribution in [3.8, 4) is 5.75 Å². The van der Waals surface area contributed by atoms with E-state index in [4.69, 9.17) is 0 Å². The average molecular weight is 486 g/mol. The van der Waals surface area contributed by atoms with Gasteiger partial charge in [0.1, 0.15) is 5.75 Å². The second-order valence-corrected chi connectivity index (χ2v) is 7.71. The van der Waals surface area contributed by atoms with E-state index in [9.17, 15) is 5.11 Å². The van der Waals surface area contributed by atoms with Crippen molar-refractivity contribution >= 4 is 29.9 Å². The van der Waals surface area contributed by atoms with E-state index in [0.29, 0.717) is 5.75 Å². The third-order valence-electron chi connectivity index (χ3n) is 5.62. The SMILES string of the molecule is CN=C(NCCCc1ccc(O)cc1)N1CCC(CN2CCCCC2)C1.I. The normalized spacial score (nSPS) is 21.1. The van der Waals surface area contributed by atoms with Crippen LogP contribution in [0.1, 0.15) is 37.7 Å².